The maximum Gasteiger partial charge on any atom is 0.251 e. The molecular weight excluding hydrogens is 380 g/mol. The lowest BCUT2D eigenvalue weighted by Crippen LogP contribution is -2.38. The Morgan fingerprint density at radius 3 is 2.37 bits per heavy atom. The zero-order chi connectivity index (χ0) is 21.5. The Hall–Kier alpha value is -3.02. The fourth-order valence-electron chi connectivity index (χ4n) is 3.68. The number of hydrogen-bond acceptors (Lipinski definition) is 4. The van der Waals surface area contributed by atoms with Crippen molar-refractivity contribution < 1.29 is 19.1 Å². The van der Waals surface area contributed by atoms with Gasteiger partial charge in [-0.1, -0.05) is 18.2 Å². The average molecular weight is 411 g/mol. The minimum atomic E-state index is -0.144. The lowest BCUT2D eigenvalue weighted by Gasteiger charge is -2.30. The number of ether oxygens (including phenoxy) is 2. The van der Waals surface area contributed by atoms with E-state index < -0.39 is 0 Å². The summed E-state index contributed by atoms with van der Waals surface area (Å²) in [6.07, 6.45) is 1.06. The van der Waals surface area contributed by atoms with Crippen molar-refractivity contribution in [2.24, 2.45) is 0 Å². The van der Waals surface area contributed by atoms with E-state index in [-0.39, 0.29) is 18.2 Å². The number of aryl methyl sites for hydroxylation is 1. The van der Waals surface area contributed by atoms with Gasteiger partial charge in [0.1, 0.15) is 0 Å². The van der Waals surface area contributed by atoms with Gasteiger partial charge in [0.2, 0.25) is 5.91 Å². The lowest BCUT2D eigenvalue weighted by atomic mass is 9.98. The molecule has 3 rings (SSSR count). The van der Waals surface area contributed by atoms with Crippen molar-refractivity contribution in [2.45, 2.75) is 40.2 Å². The van der Waals surface area contributed by atoms with E-state index in [0.717, 1.165) is 29.0 Å². The van der Waals surface area contributed by atoms with Crippen molar-refractivity contribution in [2.75, 3.05) is 26.3 Å². The maximum atomic E-state index is 12.7. The van der Waals surface area contributed by atoms with Crippen LogP contribution in [0.5, 0.6) is 11.5 Å². The van der Waals surface area contributed by atoms with Crippen molar-refractivity contribution in [1.82, 2.24) is 10.2 Å². The Bertz CT molecular complexity index is 910. The smallest absolute Gasteiger partial charge is 0.251 e. The molecule has 0 saturated carbocycles. The molecule has 0 radical (unpaired) electrons. The Balaban J connectivity index is 1.58. The number of nitrogens with zero attached hydrogens (tertiary/aromatic N) is 1. The van der Waals surface area contributed by atoms with E-state index in [1.165, 1.54) is 5.56 Å². The molecule has 0 saturated heterocycles. The van der Waals surface area contributed by atoms with Gasteiger partial charge in [-0.25, -0.2) is 0 Å². The number of carbonyl (C=O) groups is 2. The average Bonchev–Trinajstić information content (AvgIpc) is 2.74. The minimum absolute atomic E-state index is 0.0394. The number of carbonyl (C=O) groups excluding carboxylic acids is 2. The Morgan fingerprint density at radius 2 is 1.70 bits per heavy atom. The second-order valence-electron chi connectivity index (χ2n) is 7.32. The van der Waals surface area contributed by atoms with Gasteiger partial charge in [0.25, 0.3) is 5.91 Å². The van der Waals surface area contributed by atoms with Crippen LogP contribution in [-0.2, 0) is 17.8 Å². The highest BCUT2D eigenvalue weighted by Crippen LogP contribution is 2.34. The van der Waals surface area contributed by atoms with Gasteiger partial charge in [0, 0.05) is 31.6 Å². The molecule has 2 amide bonds. The van der Waals surface area contributed by atoms with Crippen LogP contribution in [0.2, 0.25) is 0 Å². The summed E-state index contributed by atoms with van der Waals surface area (Å²) < 4.78 is 11.4. The molecule has 160 valence electrons. The third-order valence-corrected chi connectivity index (χ3v) is 5.24. The molecule has 6 nitrogen and oxygen atoms in total. The third kappa shape index (κ3) is 5.12. The molecule has 0 unspecified atom stereocenters. The summed E-state index contributed by atoms with van der Waals surface area (Å²) in [6, 6.07) is 11.5. The lowest BCUT2D eigenvalue weighted by molar-refractivity contribution is -0.131. The summed E-state index contributed by atoms with van der Waals surface area (Å²) in [7, 11) is 0. The van der Waals surface area contributed by atoms with Gasteiger partial charge in [-0.3, -0.25) is 9.59 Å². The van der Waals surface area contributed by atoms with Crippen LogP contribution in [0.4, 0.5) is 0 Å². The van der Waals surface area contributed by atoms with Crippen LogP contribution < -0.4 is 14.8 Å². The summed E-state index contributed by atoms with van der Waals surface area (Å²) in [4.78, 5) is 26.8. The normalized spacial score (nSPS) is 12.8. The molecular formula is C24H30N2O4. The summed E-state index contributed by atoms with van der Waals surface area (Å²) in [5.74, 6) is 1.38. The van der Waals surface area contributed by atoms with Crippen molar-refractivity contribution in [3.05, 3.63) is 58.7 Å². The molecule has 0 atom stereocenters. The SMILES string of the molecule is CCOc1cc2c(cc1OCC)CN(C(=O)CCNC(=O)c1ccccc1C)CC2. The first-order chi connectivity index (χ1) is 14.5. The number of fused-ring (bicyclic) bond motifs is 1. The van der Waals surface area contributed by atoms with E-state index in [1.807, 2.05) is 56.0 Å². The second-order valence-corrected chi connectivity index (χ2v) is 7.32. The highest BCUT2D eigenvalue weighted by Gasteiger charge is 2.23. The molecule has 0 fully saturated rings. The van der Waals surface area contributed by atoms with Gasteiger partial charge in [-0.05, 0) is 62.1 Å². The molecule has 1 aliphatic heterocycles. The molecule has 1 aliphatic rings. The zero-order valence-electron chi connectivity index (χ0n) is 18.0. The quantitative estimate of drug-likeness (QED) is 0.723. The first kappa shape index (κ1) is 21.7. The van der Waals surface area contributed by atoms with E-state index in [0.29, 0.717) is 38.4 Å². The number of nitrogens with one attached hydrogen (secondary N) is 1. The number of benzene rings is 2. The van der Waals surface area contributed by atoms with Crippen molar-refractivity contribution in [3.8, 4) is 11.5 Å². The van der Waals surface area contributed by atoms with E-state index in [9.17, 15) is 9.59 Å². The highest BCUT2D eigenvalue weighted by molar-refractivity contribution is 5.95. The standard InChI is InChI=1S/C24H30N2O4/c1-4-29-21-14-18-11-13-26(16-19(18)15-22(21)30-5-2)23(27)10-12-25-24(28)20-9-7-6-8-17(20)3/h6-9,14-15H,4-5,10-13,16H2,1-3H3,(H,25,28). The highest BCUT2D eigenvalue weighted by atomic mass is 16.5. The predicted octanol–water partition coefficient (Wildman–Crippen LogP) is 3.50. The maximum absolute atomic E-state index is 12.7. The number of amides is 2. The van der Waals surface area contributed by atoms with Crippen molar-refractivity contribution in [1.29, 1.82) is 0 Å². The van der Waals surface area contributed by atoms with Crippen molar-refractivity contribution in [3.63, 3.8) is 0 Å². The van der Waals surface area contributed by atoms with Crippen LogP contribution in [0, 0.1) is 6.92 Å². The summed E-state index contributed by atoms with van der Waals surface area (Å²) in [5.41, 5.74) is 3.85. The van der Waals surface area contributed by atoms with Gasteiger partial charge in [-0.15, -0.1) is 0 Å². The minimum Gasteiger partial charge on any atom is -0.490 e. The zero-order valence-corrected chi connectivity index (χ0v) is 18.0. The van der Waals surface area contributed by atoms with Crippen LogP contribution in [0.1, 0.15) is 47.3 Å². The fraction of sp³-hybridized carbons (Fsp3) is 0.417. The van der Waals surface area contributed by atoms with Gasteiger partial charge in [-0.2, -0.15) is 0 Å². The third-order valence-electron chi connectivity index (χ3n) is 5.24. The van der Waals surface area contributed by atoms with E-state index in [4.69, 9.17) is 9.47 Å². The van der Waals surface area contributed by atoms with Gasteiger partial charge >= 0.3 is 0 Å². The molecule has 2 aromatic carbocycles. The molecule has 6 heteroatoms. The molecule has 0 aromatic heterocycles. The summed E-state index contributed by atoms with van der Waals surface area (Å²) >= 11 is 0. The molecule has 0 spiro atoms. The fourth-order valence-corrected chi connectivity index (χ4v) is 3.68. The van der Waals surface area contributed by atoms with Crippen LogP contribution in [0.25, 0.3) is 0 Å². The molecule has 2 aromatic rings. The van der Waals surface area contributed by atoms with Crippen molar-refractivity contribution >= 4 is 11.8 Å². The van der Waals surface area contributed by atoms with Gasteiger partial charge in [0.05, 0.1) is 13.2 Å². The molecule has 0 aliphatic carbocycles. The first-order valence-corrected chi connectivity index (χ1v) is 10.6. The molecule has 1 heterocycles. The van der Waals surface area contributed by atoms with Crippen LogP contribution in [0.3, 0.4) is 0 Å². The van der Waals surface area contributed by atoms with Crippen LogP contribution >= 0.6 is 0 Å². The Morgan fingerprint density at radius 1 is 1.03 bits per heavy atom. The Kier molecular flexibility index (Phi) is 7.33. The summed E-state index contributed by atoms with van der Waals surface area (Å²) in [6.45, 7) is 8.47. The number of hydrogen-bond donors (Lipinski definition) is 1. The predicted molar refractivity (Wildman–Crippen MR) is 116 cm³/mol. The topological polar surface area (TPSA) is 67.9 Å². The monoisotopic (exact) mass is 410 g/mol. The molecule has 1 N–H and O–H groups in total. The second kappa shape index (κ2) is 10.1. The molecule has 30 heavy (non-hydrogen) atoms. The van der Waals surface area contributed by atoms with Gasteiger partial charge in [0.15, 0.2) is 11.5 Å². The molecule has 0 bridgehead atoms. The van der Waals surface area contributed by atoms with E-state index in [2.05, 4.69) is 5.32 Å². The first-order valence-electron chi connectivity index (χ1n) is 10.6. The Labute approximate surface area is 178 Å². The van der Waals surface area contributed by atoms with Crippen LogP contribution in [0.15, 0.2) is 36.4 Å². The number of rotatable bonds is 8. The van der Waals surface area contributed by atoms with Crippen LogP contribution in [-0.4, -0.2) is 43.0 Å². The summed E-state index contributed by atoms with van der Waals surface area (Å²) in [5, 5.41) is 2.85. The van der Waals surface area contributed by atoms with Gasteiger partial charge < -0.3 is 19.7 Å². The largest absolute Gasteiger partial charge is 0.490 e. The van der Waals surface area contributed by atoms with E-state index in [1.54, 1.807) is 6.07 Å². The van der Waals surface area contributed by atoms with E-state index >= 15 is 0 Å².